The van der Waals surface area contributed by atoms with Gasteiger partial charge in [-0.05, 0) is 49.1 Å². The van der Waals surface area contributed by atoms with Crippen LogP contribution in [0.25, 0.3) is 10.9 Å². The van der Waals surface area contributed by atoms with Gasteiger partial charge in [-0.3, -0.25) is 20.4 Å². The van der Waals surface area contributed by atoms with Crippen molar-refractivity contribution in [3.05, 3.63) is 71.9 Å². The highest BCUT2D eigenvalue weighted by Gasteiger charge is 2.27. The zero-order valence-electron chi connectivity index (χ0n) is 16.7. The maximum Gasteiger partial charge on any atom is 0.288 e. The molecule has 1 aliphatic rings. The lowest BCUT2D eigenvalue weighted by Gasteiger charge is -2.08. The Kier molecular flexibility index (Phi) is 5.97. The summed E-state index contributed by atoms with van der Waals surface area (Å²) in [5, 5.41) is 0.922. The van der Waals surface area contributed by atoms with Crippen LogP contribution >= 0.6 is 0 Å². The van der Waals surface area contributed by atoms with Crippen LogP contribution in [0.5, 0.6) is 0 Å². The van der Waals surface area contributed by atoms with E-state index in [0.29, 0.717) is 11.9 Å². The summed E-state index contributed by atoms with van der Waals surface area (Å²) in [5.41, 5.74) is 6.46. The van der Waals surface area contributed by atoms with Gasteiger partial charge in [-0.25, -0.2) is 18.1 Å². The minimum Gasteiger partial charge on any atom is -0.273 e. The SMILES string of the molecule is O=C(CCc1ccc(S(=O)(=O)NC2CC2)cc1)NNC(=O)c1ccc2ccccc2n1. The number of para-hydroxylation sites is 1. The summed E-state index contributed by atoms with van der Waals surface area (Å²) in [4.78, 5) is 28.8. The number of hydrazine groups is 1. The second-order valence-corrected chi connectivity index (χ2v) is 9.14. The Morgan fingerprint density at radius 3 is 2.42 bits per heavy atom. The molecule has 1 heterocycles. The largest absolute Gasteiger partial charge is 0.288 e. The molecule has 0 spiro atoms. The van der Waals surface area contributed by atoms with Gasteiger partial charge in [0, 0.05) is 17.8 Å². The number of aryl methyl sites for hydroxylation is 1. The van der Waals surface area contributed by atoms with Crippen molar-refractivity contribution in [2.75, 3.05) is 0 Å². The average molecular weight is 439 g/mol. The fourth-order valence-corrected chi connectivity index (χ4v) is 4.33. The zero-order valence-corrected chi connectivity index (χ0v) is 17.5. The molecule has 0 radical (unpaired) electrons. The van der Waals surface area contributed by atoms with Gasteiger partial charge in [0.1, 0.15) is 5.69 Å². The first-order valence-corrected chi connectivity index (χ1v) is 11.5. The number of hydrogen-bond donors (Lipinski definition) is 3. The molecule has 8 nitrogen and oxygen atoms in total. The van der Waals surface area contributed by atoms with Gasteiger partial charge in [-0.2, -0.15) is 0 Å². The normalized spacial score (nSPS) is 13.7. The molecule has 0 atom stereocenters. The Balaban J connectivity index is 1.26. The van der Waals surface area contributed by atoms with Crippen molar-refractivity contribution in [2.45, 2.75) is 36.6 Å². The number of carbonyl (C=O) groups excluding carboxylic acids is 2. The van der Waals surface area contributed by atoms with Gasteiger partial charge in [-0.15, -0.1) is 0 Å². The third kappa shape index (κ3) is 5.44. The van der Waals surface area contributed by atoms with E-state index in [-0.39, 0.29) is 29.0 Å². The Labute approximate surface area is 180 Å². The Morgan fingerprint density at radius 2 is 1.68 bits per heavy atom. The van der Waals surface area contributed by atoms with E-state index in [1.54, 1.807) is 24.3 Å². The number of hydrogen-bond acceptors (Lipinski definition) is 5. The van der Waals surface area contributed by atoms with Crippen LogP contribution in [0.1, 0.15) is 35.3 Å². The number of carbonyl (C=O) groups is 2. The molecule has 1 saturated carbocycles. The predicted octanol–water partition coefficient (Wildman–Crippen LogP) is 2.07. The molecule has 160 valence electrons. The molecule has 9 heteroatoms. The van der Waals surface area contributed by atoms with E-state index in [4.69, 9.17) is 0 Å². The summed E-state index contributed by atoms with van der Waals surface area (Å²) in [6, 6.07) is 17.3. The summed E-state index contributed by atoms with van der Waals surface area (Å²) >= 11 is 0. The second kappa shape index (κ2) is 8.83. The molecule has 0 unspecified atom stereocenters. The van der Waals surface area contributed by atoms with Crippen molar-refractivity contribution in [3.8, 4) is 0 Å². The molecule has 31 heavy (non-hydrogen) atoms. The molecule has 4 rings (SSSR count). The number of fused-ring (bicyclic) bond motifs is 1. The van der Waals surface area contributed by atoms with Crippen LogP contribution in [0.15, 0.2) is 65.6 Å². The lowest BCUT2D eigenvalue weighted by atomic mass is 10.1. The number of rotatable bonds is 7. The fraction of sp³-hybridized carbons (Fsp3) is 0.227. The number of aromatic nitrogens is 1. The van der Waals surface area contributed by atoms with E-state index in [1.165, 1.54) is 12.1 Å². The monoisotopic (exact) mass is 438 g/mol. The van der Waals surface area contributed by atoms with Gasteiger partial charge >= 0.3 is 0 Å². The van der Waals surface area contributed by atoms with Crippen LogP contribution in [0.3, 0.4) is 0 Å². The van der Waals surface area contributed by atoms with Crippen molar-refractivity contribution < 1.29 is 18.0 Å². The van der Waals surface area contributed by atoms with Crippen molar-refractivity contribution in [1.29, 1.82) is 0 Å². The first kappa shape index (κ1) is 21.0. The maximum atomic E-state index is 12.2. The zero-order chi connectivity index (χ0) is 21.8. The van der Waals surface area contributed by atoms with Gasteiger partial charge in [0.05, 0.1) is 10.4 Å². The first-order valence-electron chi connectivity index (χ1n) is 9.97. The van der Waals surface area contributed by atoms with Crippen LogP contribution in [0.2, 0.25) is 0 Å². The van der Waals surface area contributed by atoms with Gasteiger partial charge in [0.15, 0.2) is 0 Å². The minimum absolute atomic E-state index is 0.0494. The van der Waals surface area contributed by atoms with Gasteiger partial charge < -0.3 is 0 Å². The summed E-state index contributed by atoms with van der Waals surface area (Å²) in [5.74, 6) is -0.863. The topological polar surface area (TPSA) is 117 Å². The molecule has 0 bridgehead atoms. The van der Waals surface area contributed by atoms with Crippen LogP contribution in [0.4, 0.5) is 0 Å². The maximum absolute atomic E-state index is 12.2. The van der Waals surface area contributed by atoms with E-state index in [0.717, 1.165) is 23.8 Å². The molecule has 1 aliphatic carbocycles. The first-order chi connectivity index (χ1) is 14.9. The molecule has 1 aromatic heterocycles. The Bertz CT molecular complexity index is 1220. The highest BCUT2D eigenvalue weighted by Crippen LogP contribution is 2.22. The van der Waals surface area contributed by atoms with Crippen molar-refractivity contribution in [1.82, 2.24) is 20.6 Å². The third-order valence-corrected chi connectivity index (χ3v) is 6.46. The average Bonchev–Trinajstić information content (AvgIpc) is 3.59. The van der Waals surface area contributed by atoms with Crippen molar-refractivity contribution >= 4 is 32.7 Å². The number of amides is 2. The number of nitrogens with zero attached hydrogens (tertiary/aromatic N) is 1. The van der Waals surface area contributed by atoms with E-state index in [1.807, 2.05) is 24.3 Å². The molecule has 1 fully saturated rings. The Morgan fingerprint density at radius 1 is 0.935 bits per heavy atom. The summed E-state index contributed by atoms with van der Waals surface area (Å²) in [6.07, 6.45) is 2.30. The van der Waals surface area contributed by atoms with Crippen molar-refractivity contribution in [3.63, 3.8) is 0 Å². The molecule has 3 aromatic rings. The molecule has 2 amide bonds. The third-order valence-electron chi connectivity index (χ3n) is 4.92. The molecular weight excluding hydrogens is 416 g/mol. The van der Waals surface area contributed by atoms with Crippen molar-refractivity contribution in [2.24, 2.45) is 0 Å². The standard InChI is InChI=1S/C22H22N4O4S/c27-21(24-25-22(28)20-13-8-16-3-1-2-4-19(16)23-20)14-7-15-5-11-18(12-6-15)31(29,30)26-17-9-10-17/h1-6,8,11-13,17,26H,7,9-10,14H2,(H,24,27)(H,25,28). The molecular formula is C22H22N4O4S. The van der Waals surface area contributed by atoms with Crippen LogP contribution in [-0.4, -0.2) is 31.3 Å². The van der Waals surface area contributed by atoms with E-state index >= 15 is 0 Å². The number of benzene rings is 2. The summed E-state index contributed by atoms with van der Waals surface area (Å²) in [6.45, 7) is 0. The lowest BCUT2D eigenvalue weighted by molar-refractivity contribution is -0.121. The highest BCUT2D eigenvalue weighted by molar-refractivity contribution is 7.89. The predicted molar refractivity (Wildman–Crippen MR) is 115 cm³/mol. The molecule has 0 aliphatic heterocycles. The number of sulfonamides is 1. The molecule has 2 aromatic carbocycles. The second-order valence-electron chi connectivity index (χ2n) is 7.43. The summed E-state index contributed by atoms with van der Waals surface area (Å²) < 4.78 is 27.0. The van der Waals surface area contributed by atoms with Crippen LogP contribution in [0, 0.1) is 0 Å². The van der Waals surface area contributed by atoms with Gasteiger partial charge in [0.25, 0.3) is 5.91 Å². The quantitative estimate of drug-likeness (QED) is 0.488. The van der Waals surface area contributed by atoms with E-state index in [9.17, 15) is 18.0 Å². The van der Waals surface area contributed by atoms with Crippen LogP contribution < -0.4 is 15.6 Å². The van der Waals surface area contributed by atoms with Gasteiger partial charge in [0.2, 0.25) is 15.9 Å². The number of nitrogens with one attached hydrogen (secondary N) is 3. The molecule has 3 N–H and O–H groups in total. The van der Waals surface area contributed by atoms with E-state index < -0.39 is 15.9 Å². The fourth-order valence-electron chi connectivity index (χ4n) is 3.03. The van der Waals surface area contributed by atoms with E-state index in [2.05, 4.69) is 20.6 Å². The summed E-state index contributed by atoms with van der Waals surface area (Å²) in [7, 11) is -3.49. The lowest BCUT2D eigenvalue weighted by Crippen LogP contribution is -2.42. The molecule has 0 saturated heterocycles. The number of pyridine rings is 1. The smallest absolute Gasteiger partial charge is 0.273 e. The minimum atomic E-state index is -3.49. The van der Waals surface area contributed by atoms with Crippen LogP contribution in [-0.2, 0) is 21.2 Å². The Hall–Kier alpha value is -3.30. The highest BCUT2D eigenvalue weighted by atomic mass is 32.2. The van der Waals surface area contributed by atoms with Gasteiger partial charge in [-0.1, -0.05) is 36.4 Å².